The molecule has 0 amide bonds. The Hall–Kier alpha value is -3.17. The van der Waals surface area contributed by atoms with Crippen molar-refractivity contribution in [1.29, 1.82) is 0 Å². The van der Waals surface area contributed by atoms with Gasteiger partial charge < -0.3 is 19.2 Å². The van der Waals surface area contributed by atoms with E-state index in [1.165, 1.54) is 5.56 Å². The number of nitrogens with zero attached hydrogens (tertiary/aromatic N) is 3. The fourth-order valence-corrected chi connectivity index (χ4v) is 2.99. The smallest absolute Gasteiger partial charge is 0.358 e. The topological polar surface area (TPSA) is 110 Å². The van der Waals surface area contributed by atoms with Crippen LogP contribution >= 0.6 is 11.6 Å². The van der Waals surface area contributed by atoms with Crippen LogP contribution in [-0.4, -0.2) is 41.4 Å². The lowest BCUT2D eigenvalue weighted by atomic mass is 10.1. The summed E-state index contributed by atoms with van der Waals surface area (Å²) in [4.78, 5) is 38.0. The third-order valence-corrected chi connectivity index (χ3v) is 4.70. The molecular formula is C20H21ClN4O5. The van der Waals surface area contributed by atoms with E-state index in [-0.39, 0.29) is 16.4 Å². The summed E-state index contributed by atoms with van der Waals surface area (Å²) >= 11 is 6.17. The van der Waals surface area contributed by atoms with Gasteiger partial charge in [0.1, 0.15) is 10.7 Å². The third kappa shape index (κ3) is 5.68. The average molecular weight is 433 g/mol. The minimum atomic E-state index is -0.942. The molecule has 0 spiro atoms. The van der Waals surface area contributed by atoms with Gasteiger partial charge in [-0.1, -0.05) is 47.0 Å². The van der Waals surface area contributed by atoms with Gasteiger partial charge >= 0.3 is 16.8 Å². The van der Waals surface area contributed by atoms with Gasteiger partial charge in [-0.3, -0.25) is 4.79 Å². The lowest BCUT2D eigenvalue weighted by Gasteiger charge is -2.17. The fraction of sp³-hybridized carbons (Fsp3) is 0.300. The Morgan fingerprint density at radius 2 is 1.80 bits per heavy atom. The molecule has 158 valence electrons. The van der Waals surface area contributed by atoms with Gasteiger partial charge in [0.25, 0.3) is 5.71 Å². The molecule has 2 aromatic heterocycles. The lowest BCUT2D eigenvalue weighted by molar-refractivity contribution is 0.277. The van der Waals surface area contributed by atoms with Crippen molar-refractivity contribution in [2.24, 2.45) is 0 Å². The summed E-state index contributed by atoms with van der Waals surface area (Å²) in [5.74, 6) is 0. The number of hydrogen-bond donors (Lipinski definition) is 1. The third-order valence-electron chi connectivity index (χ3n) is 4.35. The Morgan fingerprint density at radius 1 is 1.07 bits per heavy atom. The highest BCUT2D eigenvalue weighted by atomic mass is 35.5. The van der Waals surface area contributed by atoms with E-state index in [0.717, 1.165) is 38.1 Å². The summed E-state index contributed by atoms with van der Waals surface area (Å²) in [7, 11) is 2.02. The Balaban J connectivity index is 1.67. The van der Waals surface area contributed by atoms with Gasteiger partial charge in [0.15, 0.2) is 0 Å². The van der Waals surface area contributed by atoms with Crippen LogP contribution in [0.4, 0.5) is 5.69 Å². The number of likely N-dealkylation sites (N-methyl/N-ethyl adjacent to an activating group) is 1. The van der Waals surface area contributed by atoms with Crippen molar-refractivity contribution in [1.82, 2.24) is 14.7 Å². The van der Waals surface area contributed by atoms with E-state index >= 15 is 0 Å². The van der Waals surface area contributed by atoms with E-state index in [1.54, 1.807) is 0 Å². The van der Waals surface area contributed by atoms with Crippen molar-refractivity contribution in [3.63, 3.8) is 0 Å². The normalized spacial score (nSPS) is 11.0. The first-order valence-corrected chi connectivity index (χ1v) is 9.73. The van der Waals surface area contributed by atoms with E-state index < -0.39 is 16.8 Å². The van der Waals surface area contributed by atoms with E-state index in [1.807, 2.05) is 25.2 Å². The molecule has 3 rings (SSSR count). The second-order valence-corrected chi connectivity index (χ2v) is 7.03. The molecule has 0 saturated carbocycles. The maximum absolute atomic E-state index is 12.5. The second-order valence-electron chi connectivity index (χ2n) is 6.66. The average Bonchev–Trinajstić information content (AvgIpc) is 2.80. The SMILES string of the molecule is CN(CCCNc1c(Cl)c2nn(oc(=O)ccc(=O)o2)c1=O)CCc1ccccc1. The van der Waals surface area contributed by atoms with Crippen molar-refractivity contribution in [2.75, 3.05) is 32.0 Å². The zero-order valence-corrected chi connectivity index (χ0v) is 17.1. The largest absolute Gasteiger partial charge is 0.401 e. The predicted octanol–water partition coefficient (Wildman–Crippen LogP) is 1.79. The summed E-state index contributed by atoms with van der Waals surface area (Å²) in [5.41, 5.74) is -1.68. The van der Waals surface area contributed by atoms with Crippen LogP contribution in [0.3, 0.4) is 0 Å². The summed E-state index contributed by atoms with van der Waals surface area (Å²) in [6, 6.07) is 11.9. The number of fused-ring (bicyclic) bond motifs is 2. The van der Waals surface area contributed by atoms with Gasteiger partial charge in [-0.05, 0) is 36.7 Å². The van der Waals surface area contributed by atoms with Gasteiger partial charge in [-0.2, -0.15) is 0 Å². The van der Waals surface area contributed by atoms with Gasteiger partial charge in [-0.15, -0.1) is 0 Å². The maximum atomic E-state index is 12.5. The molecule has 0 atom stereocenters. The minimum absolute atomic E-state index is 0.0592. The molecule has 0 aliphatic rings. The van der Waals surface area contributed by atoms with E-state index in [0.29, 0.717) is 11.2 Å². The van der Waals surface area contributed by atoms with Crippen molar-refractivity contribution in [3.05, 3.63) is 84.2 Å². The molecule has 0 aliphatic heterocycles. The number of halogens is 1. The molecule has 3 aromatic rings. The number of benzene rings is 1. The second kappa shape index (κ2) is 10.0. The summed E-state index contributed by atoms with van der Waals surface area (Å²) in [5, 5.41) is 6.42. The Kier molecular flexibility index (Phi) is 7.21. The van der Waals surface area contributed by atoms with Crippen LogP contribution in [0.2, 0.25) is 5.02 Å². The number of aromatic nitrogens is 2. The highest BCUT2D eigenvalue weighted by Crippen LogP contribution is 2.20. The standard InChI is InChI=1S/C20H21ClN4O5/c1-24(13-10-14-6-3-2-4-7-14)12-5-11-22-18-17(21)19-23-25(20(18)28)30-16(27)9-8-15(26)29-19/h2-4,6-9,22H,5,10-13H2,1H3. The molecule has 0 fully saturated rings. The zero-order chi connectivity index (χ0) is 21.5. The molecule has 9 nitrogen and oxygen atoms in total. The summed E-state index contributed by atoms with van der Waals surface area (Å²) in [6.45, 7) is 2.11. The highest BCUT2D eigenvalue weighted by Gasteiger charge is 2.14. The monoisotopic (exact) mass is 432 g/mol. The van der Waals surface area contributed by atoms with Crippen LogP contribution in [0.15, 0.2) is 65.8 Å². The molecule has 0 unspecified atom stereocenters. The fourth-order valence-electron chi connectivity index (χ4n) is 2.77. The van der Waals surface area contributed by atoms with Crippen LogP contribution < -0.4 is 22.1 Å². The van der Waals surface area contributed by atoms with Gasteiger partial charge in [-0.25, -0.2) is 9.59 Å². The van der Waals surface area contributed by atoms with E-state index in [9.17, 15) is 14.4 Å². The molecular weight excluding hydrogens is 412 g/mol. The zero-order valence-electron chi connectivity index (χ0n) is 16.3. The molecule has 1 aromatic carbocycles. The molecule has 1 N–H and O–H groups in total. The highest BCUT2D eigenvalue weighted by molar-refractivity contribution is 6.35. The van der Waals surface area contributed by atoms with Crippen molar-refractivity contribution >= 4 is 23.0 Å². The lowest BCUT2D eigenvalue weighted by Crippen LogP contribution is -2.26. The van der Waals surface area contributed by atoms with Crippen LogP contribution in [0.5, 0.6) is 0 Å². The van der Waals surface area contributed by atoms with Crippen LogP contribution in [0.1, 0.15) is 12.0 Å². The number of anilines is 1. The van der Waals surface area contributed by atoms with E-state index in [4.69, 9.17) is 20.5 Å². The molecule has 0 radical (unpaired) electrons. The molecule has 30 heavy (non-hydrogen) atoms. The van der Waals surface area contributed by atoms with E-state index in [2.05, 4.69) is 27.4 Å². The maximum Gasteiger partial charge on any atom is 0.358 e. The Bertz CT molecular complexity index is 1200. The summed E-state index contributed by atoms with van der Waals surface area (Å²) < 4.78 is 10.2. The molecule has 2 bridgehead atoms. The first-order valence-electron chi connectivity index (χ1n) is 9.35. The van der Waals surface area contributed by atoms with Crippen LogP contribution in [-0.2, 0) is 6.42 Å². The predicted molar refractivity (Wildman–Crippen MR) is 113 cm³/mol. The van der Waals surface area contributed by atoms with Gasteiger partial charge in [0, 0.05) is 25.2 Å². The van der Waals surface area contributed by atoms with Crippen LogP contribution in [0, 0.1) is 0 Å². The number of nitrogens with one attached hydrogen (secondary N) is 1. The molecule has 0 saturated heterocycles. The van der Waals surface area contributed by atoms with Gasteiger partial charge in [0.05, 0.1) is 0 Å². The Morgan fingerprint density at radius 3 is 2.57 bits per heavy atom. The van der Waals surface area contributed by atoms with Crippen molar-refractivity contribution < 1.29 is 8.94 Å². The minimum Gasteiger partial charge on any atom is -0.401 e. The molecule has 0 aliphatic carbocycles. The first-order chi connectivity index (χ1) is 14.4. The first kappa shape index (κ1) is 21.5. The number of hydrogen-bond acceptors (Lipinski definition) is 8. The summed E-state index contributed by atoms with van der Waals surface area (Å²) in [6.07, 6.45) is 1.67. The quantitative estimate of drug-likeness (QED) is 0.536. The van der Waals surface area contributed by atoms with Gasteiger partial charge in [0.2, 0.25) is 0 Å². The molecule has 2 heterocycles. The van der Waals surface area contributed by atoms with Crippen molar-refractivity contribution in [2.45, 2.75) is 12.8 Å². The Labute approximate surface area is 176 Å². The van der Waals surface area contributed by atoms with Crippen LogP contribution in [0.25, 0.3) is 5.71 Å². The van der Waals surface area contributed by atoms with Crippen molar-refractivity contribution in [3.8, 4) is 0 Å². The molecule has 10 heteroatoms. The number of rotatable bonds is 8.